The zero-order valence-electron chi connectivity index (χ0n) is 16.2. The van der Waals surface area contributed by atoms with E-state index in [-0.39, 0.29) is 17.7 Å². The number of likely N-dealkylation sites (tertiary alicyclic amines) is 1. The quantitative estimate of drug-likeness (QED) is 0.731. The minimum atomic E-state index is -2.58. The van der Waals surface area contributed by atoms with Gasteiger partial charge in [0.15, 0.2) is 0 Å². The van der Waals surface area contributed by atoms with Crippen molar-refractivity contribution in [1.82, 2.24) is 4.90 Å². The number of hydrogen-bond acceptors (Lipinski definition) is 2. The van der Waals surface area contributed by atoms with Crippen molar-refractivity contribution in [3.8, 4) is 5.75 Å². The van der Waals surface area contributed by atoms with Gasteiger partial charge in [-0.3, -0.25) is 4.79 Å². The SMILES string of the molecule is COc1ccc(C(CC(=O)N2C[C@@H]3C[C@]3(c3ccc(C)cc3)C2)C(F)F)cc1. The number of aryl methyl sites for hydroxylation is 1. The van der Waals surface area contributed by atoms with E-state index in [4.69, 9.17) is 4.74 Å². The number of amides is 1. The van der Waals surface area contributed by atoms with Crippen LogP contribution in [-0.4, -0.2) is 37.4 Å². The Morgan fingerprint density at radius 3 is 2.46 bits per heavy atom. The molecule has 1 saturated carbocycles. The van der Waals surface area contributed by atoms with E-state index >= 15 is 0 Å². The number of rotatable bonds is 6. The first kappa shape index (κ1) is 18.9. The normalized spacial score (nSPS) is 24.2. The van der Waals surface area contributed by atoms with Crippen molar-refractivity contribution in [2.75, 3.05) is 20.2 Å². The monoisotopic (exact) mass is 385 g/mol. The van der Waals surface area contributed by atoms with Gasteiger partial charge in [-0.1, -0.05) is 42.0 Å². The zero-order chi connectivity index (χ0) is 19.9. The van der Waals surface area contributed by atoms with Gasteiger partial charge in [-0.25, -0.2) is 8.78 Å². The number of ether oxygens (including phenoxy) is 1. The van der Waals surface area contributed by atoms with Crippen LogP contribution in [0.25, 0.3) is 0 Å². The number of carbonyl (C=O) groups excluding carboxylic acids is 1. The third-order valence-electron chi connectivity index (χ3n) is 6.37. The number of methoxy groups -OCH3 is 1. The number of benzene rings is 2. The molecule has 148 valence electrons. The lowest BCUT2D eigenvalue weighted by Crippen LogP contribution is -2.34. The maximum absolute atomic E-state index is 13.7. The second kappa shape index (κ2) is 7.19. The molecule has 1 heterocycles. The summed E-state index contributed by atoms with van der Waals surface area (Å²) < 4.78 is 32.4. The van der Waals surface area contributed by atoms with Crippen molar-refractivity contribution in [2.45, 2.75) is 37.5 Å². The molecule has 0 N–H and O–H groups in total. The van der Waals surface area contributed by atoms with Crippen LogP contribution >= 0.6 is 0 Å². The molecule has 3 nitrogen and oxygen atoms in total. The molecule has 28 heavy (non-hydrogen) atoms. The van der Waals surface area contributed by atoms with Gasteiger partial charge in [0.25, 0.3) is 0 Å². The second-order valence-corrected chi connectivity index (χ2v) is 8.12. The summed E-state index contributed by atoms with van der Waals surface area (Å²) >= 11 is 0. The van der Waals surface area contributed by atoms with Crippen LogP contribution in [0.5, 0.6) is 5.75 Å². The standard InChI is InChI=1S/C23H25F2NO2/c1-15-3-7-17(8-4-15)23-12-18(23)13-26(14-23)21(27)11-20(22(24)25)16-5-9-19(28-2)10-6-16/h3-10,18,20,22H,11-14H2,1-2H3/t18-,20?,23+/m0/s1. The van der Waals surface area contributed by atoms with E-state index in [1.807, 2.05) is 0 Å². The molecule has 1 aliphatic carbocycles. The summed E-state index contributed by atoms with van der Waals surface area (Å²) in [6.07, 6.45) is -1.67. The number of hydrogen-bond donors (Lipinski definition) is 0. The zero-order valence-corrected chi connectivity index (χ0v) is 16.2. The maximum atomic E-state index is 13.7. The highest BCUT2D eigenvalue weighted by molar-refractivity contribution is 5.78. The highest BCUT2D eigenvalue weighted by Gasteiger charge is 2.61. The van der Waals surface area contributed by atoms with Crippen LogP contribution in [0.15, 0.2) is 48.5 Å². The van der Waals surface area contributed by atoms with E-state index in [0.717, 1.165) is 6.42 Å². The minimum Gasteiger partial charge on any atom is -0.497 e. The van der Waals surface area contributed by atoms with Crippen LogP contribution in [0.1, 0.15) is 35.4 Å². The van der Waals surface area contributed by atoms with Gasteiger partial charge in [-0.05, 0) is 42.5 Å². The second-order valence-electron chi connectivity index (χ2n) is 8.12. The molecule has 4 rings (SSSR count). The molecule has 1 unspecified atom stereocenters. The van der Waals surface area contributed by atoms with Gasteiger partial charge in [-0.2, -0.15) is 0 Å². The van der Waals surface area contributed by atoms with Gasteiger partial charge < -0.3 is 9.64 Å². The van der Waals surface area contributed by atoms with E-state index in [1.54, 1.807) is 29.2 Å². The van der Waals surface area contributed by atoms with Gasteiger partial charge in [0.05, 0.1) is 13.0 Å². The summed E-state index contributed by atoms with van der Waals surface area (Å²) in [6, 6.07) is 15.0. The summed E-state index contributed by atoms with van der Waals surface area (Å²) in [5, 5.41) is 0. The lowest BCUT2D eigenvalue weighted by Gasteiger charge is -2.24. The fraction of sp³-hybridized carbons (Fsp3) is 0.435. The Hall–Kier alpha value is -2.43. The predicted octanol–water partition coefficient (Wildman–Crippen LogP) is 4.54. The number of fused-ring (bicyclic) bond motifs is 1. The number of nitrogens with zero attached hydrogens (tertiary/aromatic N) is 1. The highest BCUT2D eigenvalue weighted by atomic mass is 19.3. The molecule has 5 heteroatoms. The van der Waals surface area contributed by atoms with E-state index in [2.05, 4.69) is 31.2 Å². The van der Waals surface area contributed by atoms with Crippen molar-refractivity contribution < 1.29 is 18.3 Å². The Morgan fingerprint density at radius 1 is 1.18 bits per heavy atom. The van der Waals surface area contributed by atoms with E-state index in [1.165, 1.54) is 18.2 Å². The first-order valence-electron chi connectivity index (χ1n) is 9.70. The highest BCUT2D eigenvalue weighted by Crippen LogP contribution is 2.59. The first-order chi connectivity index (χ1) is 13.4. The van der Waals surface area contributed by atoms with E-state index in [9.17, 15) is 13.6 Å². The fourth-order valence-corrected chi connectivity index (χ4v) is 4.53. The number of carbonyl (C=O) groups is 1. The molecule has 3 atom stereocenters. The molecule has 2 aromatic rings. The molecule has 1 aliphatic heterocycles. The van der Waals surface area contributed by atoms with Gasteiger partial charge in [0.2, 0.25) is 12.3 Å². The molecule has 0 aromatic heterocycles. The molecule has 0 radical (unpaired) electrons. The molecule has 0 spiro atoms. The molecule has 1 amide bonds. The van der Waals surface area contributed by atoms with Crippen molar-refractivity contribution >= 4 is 5.91 Å². The Balaban J connectivity index is 1.45. The van der Waals surface area contributed by atoms with Crippen LogP contribution in [0.2, 0.25) is 0 Å². The largest absolute Gasteiger partial charge is 0.497 e. The molecule has 0 bridgehead atoms. The lowest BCUT2D eigenvalue weighted by atomic mass is 9.93. The van der Waals surface area contributed by atoms with E-state index < -0.39 is 12.3 Å². The number of piperidine rings is 1. The molecular weight excluding hydrogens is 360 g/mol. The smallest absolute Gasteiger partial charge is 0.245 e. The van der Waals surface area contributed by atoms with Crippen LogP contribution < -0.4 is 4.74 Å². The lowest BCUT2D eigenvalue weighted by molar-refractivity contribution is -0.132. The topological polar surface area (TPSA) is 29.5 Å². The Labute approximate surface area is 164 Å². The molecular formula is C23H25F2NO2. The number of halogens is 2. The van der Waals surface area contributed by atoms with Crippen molar-refractivity contribution in [3.05, 3.63) is 65.2 Å². The van der Waals surface area contributed by atoms with Gasteiger partial charge in [0.1, 0.15) is 5.75 Å². The molecule has 2 aliphatic rings. The number of alkyl halides is 2. The first-order valence-corrected chi connectivity index (χ1v) is 9.70. The summed E-state index contributed by atoms with van der Waals surface area (Å²) in [5.74, 6) is -0.210. The van der Waals surface area contributed by atoms with Crippen LogP contribution in [-0.2, 0) is 10.2 Å². The third kappa shape index (κ3) is 3.38. The van der Waals surface area contributed by atoms with Gasteiger partial charge in [0, 0.05) is 24.9 Å². The van der Waals surface area contributed by atoms with Crippen molar-refractivity contribution in [2.24, 2.45) is 5.92 Å². The molecule has 2 fully saturated rings. The van der Waals surface area contributed by atoms with Crippen molar-refractivity contribution in [3.63, 3.8) is 0 Å². The van der Waals surface area contributed by atoms with Crippen LogP contribution in [0.4, 0.5) is 8.78 Å². The average Bonchev–Trinajstić information content (AvgIpc) is 3.27. The summed E-state index contributed by atoms with van der Waals surface area (Å²) in [7, 11) is 1.53. The van der Waals surface area contributed by atoms with Gasteiger partial charge >= 0.3 is 0 Å². The summed E-state index contributed by atoms with van der Waals surface area (Å²) in [4.78, 5) is 14.6. The summed E-state index contributed by atoms with van der Waals surface area (Å²) in [6.45, 7) is 3.36. The van der Waals surface area contributed by atoms with Gasteiger partial charge in [-0.15, -0.1) is 0 Å². The average molecular weight is 385 g/mol. The fourth-order valence-electron chi connectivity index (χ4n) is 4.53. The van der Waals surface area contributed by atoms with E-state index in [0.29, 0.717) is 30.3 Å². The van der Waals surface area contributed by atoms with Crippen molar-refractivity contribution in [1.29, 1.82) is 0 Å². The Kier molecular flexibility index (Phi) is 4.86. The predicted molar refractivity (Wildman–Crippen MR) is 104 cm³/mol. The Bertz CT molecular complexity index is 850. The van der Waals surface area contributed by atoms with Crippen LogP contribution in [0.3, 0.4) is 0 Å². The van der Waals surface area contributed by atoms with Crippen LogP contribution in [0, 0.1) is 12.8 Å². The Morgan fingerprint density at radius 2 is 1.86 bits per heavy atom. The summed E-state index contributed by atoms with van der Waals surface area (Å²) in [5.41, 5.74) is 2.98. The minimum absolute atomic E-state index is 0.0315. The maximum Gasteiger partial charge on any atom is 0.245 e. The molecule has 2 aromatic carbocycles. The molecule has 1 saturated heterocycles. The third-order valence-corrected chi connectivity index (χ3v) is 6.37.